The number of rotatable bonds is 9. The van der Waals surface area contributed by atoms with Crippen LogP contribution < -0.4 is 25.6 Å². The second kappa shape index (κ2) is 11.0. The van der Waals surface area contributed by atoms with Gasteiger partial charge in [0, 0.05) is 17.3 Å². The molecule has 0 saturated heterocycles. The molecule has 4 N–H and O–H groups in total. The summed E-state index contributed by atoms with van der Waals surface area (Å²) in [6, 6.07) is 13.8. The van der Waals surface area contributed by atoms with E-state index < -0.39 is 0 Å². The largest absolute Gasteiger partial charge is 0.495 e. The smallest absolute Gasteiger partial charge is 0.279 e. The number of methoxy groups -OCH3 is 1. The summed E-state index contributed by atoms with van der Waals surface area (Å²) in [5, 5.41) is 8.38. The predicted octanol–water partition coefficient (Wildman–Crippen LogP) is 0.925. The minimum Gasteiger partial charge on any atom is -0.495 e. The van der Waals surface area contributed by atoms with Gasteiger partial charge in [-0.1, -0.05) is 12.1 Å². The van der Waals surface area contributed by atoms with Crippen molar-refractivity contribution in [2.45, 2.75) is 19.9 Å². The molecule has 1 unspecified atom stereocenters. The Kier molecular flexibility index (Phi) is 8.37. The zero-order valence-corrected chi connectivity index (χ0v) is 17.7. The molecule has 0 aromatic heterocycles. The molecule has 0 heterocycles. The van der Waals surface area contributed by atoms with Gasteiger partial charge in [-0.2, -0.15) is 0 Å². The highest BCUT2D eigenvalue weighted by Crippen LogP contribution is 2.23. The Balaban J connectivity index is 1.88. The first-order chi connectivity index (χ1) is 14.3. The van der Waals surface area contributed by atoms with E-state index in [0.29, 0.717) is 22.7 Å². The third kappa shape index (κ3) is 7.21. The minimum absolute atomic E-state index is 0.0674. The van der Waals surface area contributed by atoms with Gasteiger partial charge >= 0.3 is 0 Å². The SMILES string of the molecule is COc1ccccc1NC(=O)c1ccc(NC(=O)C[NH+](C)CC(=O)NC(C)C)cc1. The molecule has 2 aromatic carbocycles. The van der Waals surface area contributed by atoms with Crippen LogP contribution in [0.1, 0.15) is 24.2 Å². The maximum absolute atomic E-state index is 12.4. The number of ether oxygens (including phenoxy) is 1. The molecule has 160 valence electrons. The summed E-state index contributed by atoms with van der Waals surface area (Å²) < 4.78 is 5.23. The number of benzene rings is 2. The van der Waals surface area contributed by atoms with Crippen LogP contribution in [0.4, 0.5) is 11.4 Å². The van der Waals surface area contributed by atoms with Crippen molar-refractivity contribution in [3.8, 4) is 5.75 Å². The zero-order valence-electron chi connectivity index (χ0n) is 17.7. The number of carbonyl (C=O) groups is 3. The molecule has 8 nitrogen and oxygen atoms in total. The summed E-state index contributed by atoms with van der Waals surface area (Å²) >= 11 is 0. The number of likely N-dealkylation sites (N-methyl/N-ethyl adjacent to an activating group) is 1. The molecule has 0 fully saturated rings. The van der Waals surface area contributed by atoms with Gasteiger partial charge in [-0.3, -0.25) is 14.4 Å². The van der Waals surface area contributed by atoms with Crippen molar-refractivity contribution in [2.75, 3.05) is 37.9 Å². The van der Waals surface area contributed by atoms with Gasteiger partial charge in [-0.15, -0.1) is 0 Å². The molecule has 30 heavy (non-hydrogen) atoms. The Bertz CT molecular complexity index is 881. The van der Waals surface area contributed by atoms with Gasteiger partial charge in [0.25, 0.3) is 17.7 Å². The number of anilines is 2. The molecule has 0 radical (unpaired) electrons. The van der Waals surface area contributed by atoms with E-state index in [1.807, 2.05) is 26.0 Å². The number of para-hydroxylation sites is 2. The van der Waals surface area contributed by atoms with Crippen LogP contribution in [-0.4, -0.2) is 51.0 Å². The molecule has 0 aliphatic heterocycles. The van der Waals surface area contributed by atoms with Gasteiger partial charge in [-0.25, -0.2) is 0 Å². The van der Waals surface area contributed by atoms with Crippen LogP contribution in [0.15, 0.2) is 48.5 Å². The molecule has 8 heteroatoms. The molecular formula is C22H29N4O4+. The second-order valence-corrected chi connectivity index (χ2v) is 7.31. The van der Waals surface area contributed by atoms with E-state index in [0.717, 1.165) is 4.90 Å². The van der Waals surface area contributed by atoms with Crippen LogP contribution in [-0.2, 0) is 9.59 Å². The summed E-state index contributed by atoms with van der Waals surface area (Å²) in [6.45, 7) is 4.15. The van der Waals surface area contributed by atoms with Crippen LogP contribution in [0, 0.1) is 0 Å². The summed E-state index contributed by atoms with van der Waals surface area (Å²) in [7, 11) is 3.32. The summed E-state index contributed by atoms with van der Waals surface area (Å²) in [6.07, 6.45) is 0. The Labute approximate surface area is 176 Å². The Morgan fingerprint density at radius 3 is 2.20 bits per heavy atom. The van der Waals surface area contributed by atoms with Crippen molar-refractivity contribution in [1.82, 2.24) is 5.32 Å². The average molecular weight is 413 g/mol. The molecule has 0 spiro atoms. The highest BCUT2D eigenvalue weighted by Gasteiger charge is 2.15. The van der Waals surface area contributed by atoms with Gasteiger partial charge in [0.1, 0.15) is 5.75 Å². The summed E-state index contributed by atoms with van der Waals surface area (Å²) in [5.74, 6) is -0.0158. The van der Waals surface area contributed by atoms with E-state index in [4.69, 9.17) is 4.74 Å². The van der Waals surface area contributed by atoms with E-state index in [1.54, 1.807) is 50.6 Å². The van der Waals surface area contributed by atoms with Crippen molar-refractivity contribution in [3.63, 3.8) is 0 Å². The van der Waals surface area contributed by atoms with E-state index in [1.165, 1.54) is 0 Å². The van der Waals surface area contributed by atoms with Crippen molar-refractivity contribution in [1.29, 1.82) is 0 Å². The quantitative estimate of drug-likeness (QED) is 0.491. The van der Waals surface area contributed by atoms with E-state index in [-0.39, 0.29) is 36.9 Å². The Morgan fingerprint density at radius 1 is 0.933 bits per heavy atom. The van der Waals surface area contributed by atoms with Gasteiger partial charge < -0.3 is 25.6 Å². The van der Waals surface area contributed by atoms with Crippen LogP contribution in [0.25, 0.3) is 0 Å². The standard InChI is InChI=1S/C22H28N4O4/c1-15(2)23-20(27)13-26(3)14-21(28)24-17-11-9-16(10-12-17)22(29)25-18-7-5-6-8-19(18)30-4/h5-12,15H,13-14H2,1-4H3,(H,23,27)(H,24,28)(H,25,29)/p+1. The molecule has 1 atom stereocenters. The van der Waals surface area contributed by atoms with Gasteiger partial charge in [0.15, 0.2) is 13.1 Å². The molecule has 2 rings (SSSR count). The lowest BCUT2D eigenvalue weighted by Crippen LogP contribution is -3.11. The molecule has 0 aliphatic carbocycles. The molecule has 0 bridgehead atoms. The fourth-order valence-corrected chi connectivity index (χ4v) is 2.84. The van der Waals surface area contributed by atoms with Crippen LogP contribution in [0.2, 0.25) is 0 Å². The van der Waals surface area contributed by atoms with Crippen molar-refractivity contribution >= 4 is 29.1 Å². The average Bonchev–Trinajstić information content (AvgIpc) is 2.67. The first-order valence-corrected chi connectivity index (χ1v) is 9.73. The van der Waals surface area contributed by atoms with Gasteiger partial charge in [0.2, 0.25) is 0 Å². The fraction of sp³-hybridized carbons (Fsp3) is 0.318. The third-order valence-electron chi connectivity index (χ3n) is 4.16. The number of nitrogens with one attached hydrogen (secondary N) is 4. The second-order valence-electron chi connectivity index (χ2n) is 7.31. The van der Waals surface area contributed by atoms with Crippen molar-refractivity contribution in [3.05, 3.63) is 54.1 Å². The van der Waals surface area contributed by atoms with Crippen molar-refractivity contribution < 1.29 is 24.0 Å². The number of amides is 3. The summed E-state index contributed by atoms with van der Waals surface area (Å²) in [5.41, 5.74) is 1.61. The Hall–Kier alpha value is -3.39. The zero-order chi connectivity index (χ0) is 22.1. The van der Waals surface area contributed by atoms with E-state index >= 15 is 0 Å². The minimum atomic E-state index is -0.280. The molecule has 3 amide bonds. The number of hydrogen-bond acceptors (Lipinski definition) is 4. The van der Waals surface area contributed by atoms with Crippen LogP contribution >= 0.6 is 0 Å². The van der Waals surface area contributed by atoms with Gasteiger partial charge in [-0.05, 0) is 50.2 Å². The highest BCUT2D eigenvalue weighted by molar-refractivity contribution is 6.05. The topological polar surface area (TPSA) is 101 Å². The maximum Gasteiger partial charge on any atom is 0.279 e. The monoisotopic (exact) mass is 413 g/mol. The number of quaternary nitrogens is 1. The van der Waals surface area contributed by atoms with Crippen LogP contribution in [0.3, 0.4) is 0 Å². The summed E-state index contributed by atoms with van der Waals surface area (Å²) in [4.78, 5) is 37.2. The fourth-order valence-electron chi connectivity index (χ4n) is 2.84. The van der Waals surface area contributed by atoms with E-state index in [9.17, 15) is 14.4 Å². The van der Waals surface area contributed by atoms with E-state index in [2.05, 4.69) is 16.0 Å². The molecule has 0 aliphatic rings. The lowest BCUT2D eigenvalue weighted by atomic mass is 10.2. The molecule has 2 aromatic rings. The van der Waals surface area contributed by atoms with Crippen LogP contribution in [0.5, 0.6) is 5.75 Å². The molecular weight excluding hydrogens is 384 g/mol. The number of carbonyl (C=O) groups excluding carboxylic acids is 3. The normalized spacial score (nSPS) is 11.5. The third-order valence-corrected chi connectivity index (χ3v) is 4.16. The Morgan fingerprint density at radius 2 is 1.57 bits per heavy atom. The lowest BCUT2D eigenvalue weighted by Gasteiger charge is -2.15. The lowest BCUT2D eigenvalue weighted by molar-refractivity contribution is -0.862. The number of hydrogen-bond donors (Lipinski definition) is 4. The highest BCUT2D eigenvalue weighted by atomic mass is 16.5. The first kappa shape index (κ1) is 22.9. The predicted molar refractivity (Wildman–Crippen MR) is 116 cm³/mol. The first-order valence-electron chi connectivity index (χ1n) is 9.73. The van der Waals surface area contributed by atoms with Gasteiger partial charge in [0.05, 0.1) is 19.8 Å². The molecule has 0 saturated carbocycles. The maximum atomic E-state index is 12.4. The van der Waals surface area contributed by atoms with Crippen molar-refractivity contribution in [2.24, 2.45) is 0 Å².